The molecule has 1 spiro atoms. The number of nitrogens with one attached hydrogen (secondary N) is 2. The van der Waals surface area contributed by atoms with Crippen LogP contribution in [0.15, 0.2) is 24.3 Å². The molecule has 7 heteroatoms. The lowest BCUT2D eigenvalue weighted by Gasteiger charge is -2.39. The van der Waals surface area contributed by atoms with Crippen LogP contribution in [-0.4, -0.2) is 60.1 Å². The van der Waals surface area contributed by atoms with Crippen molar-refractivity contribution in [3.05, 3.63) is 29.8 Å². The quantitative estimate of drug-likeness (QED) is 0.491. The number of amides is 2. The summed E-state index contributed by atoms with van der Waals surface area (Å²) in [6.07, 6.45) is 9.12. The van der Waals surface area contributed by atoms with Crippen molar-refractivity contribution in [2.24, 2.45) is 0 Å². The van der Waals surface area contributed by atoms with Crippen molar-refractivity contribution in [1.29, 1.82) is 0 Å². The van der Waals surface area contributed by atoms with Gasteiger partial charge in [-0.15, -0.1) is 11.8 Å². The minimum Gasteiger partial charge on any atom is -0.496 e. The molecular weight excluding hydrogens is 422 g/mol. The predicted molar refractivity (Wildman–Crippen MR) is 131 cm³/mol. The number of carbonyl (C=O) groups excluding carboxylic acids is 2. The molecule has 0 aliphatic carbocycles. The van der Waals surface area contributed by atoms with Crippen LogP contribution in [-0.2, 0) is 16.0 Å². The minimum atomic E-state index is -0.168. The van der Waals surface area contributed by atoms with Crippen molar-refractivity contribution >= 4 is 23.6 Å². The number of para-hydroxylation sites is 1. The van der Waals surface area contributed by atoms with Crippen LogP contribution >= 0.6 is 11.8 Å². The first-order valence-corrected chi connectivity index (χ1v) is 13.1. The summed E-state index contributed by atoms with van der Waals surface area (Å²) in [5.41, 5.74) is 1.10. The Hall–Kier alpha value is -1.73. The molecular formula is C25H39N3O3S. The first kappa shape index (κ1) is 24.9. The molecule has 3 rings (SSSR count). The number of piperidine rings is 1. The van der Waals surface area contributed by atoms with Gasteiger partial charge in [0.15, 0.2) is 0 Å². The van der Waals surface area contributed by atoms with Gasteiger partial charge in [0, 0.05) is 31.8 Å². The van der Waals surface area contributed by atoms with E-state index in [-0.39, 0.29) is 16.8 Å². The Kier molecular flexibility index (Phi) is 9.72. The summed E-state index contributed by atoms with van der Waals surface area (Å²) < 4.78 is 5.38. The number of methoxy groups -OCH3 is 1. The summed E-state index contributed by atoms with van der Waals surface area (Å²) >= 11 is 1.85. The fourth-order valence-electron chi connectivity index (χ4n) is 4.58. The van der Waals surface area contributed by atoms with Crippen LogP contribution < -0.4 is 15.4 Å². The largest absolute Gasteiger partial charge is 0.496 e. The summed E-state index contributed by atoms with van der Waals surface area (Å²) in [5, 5.41) is 6.67. The number of benzene rings is 1. The zero-order valence-electron chi connectivity index (χ0n) is 19.7. The SMILES string of the molecule is CCCCCCCC(=O)N1CCC2(CC1)NC(C(=O)NCCc1ccccc1OC)CS2. The van der Waals surface area contributed by atoms with Crippen LogP contribution in [0.5, 0.6) is 5.75 Å². The third-order valence-corrected chi connectivity index (χ3v) is 8.16. The number of unbranched alkanes of at least 4 members (excludes halogenated alkanes) is 4. The molecule has 1 aromatic carbocycles. The Bertz CT molecular complexity index is 750. The average molecular weight is 462 g/mol. The van der Waals surface area contributed by atoms with Gasteiger partial charge in [-0.25, -0.2) is 0 Å². The third kappa shape index (κ3) is 6.88. The maximum absolute atomic E-state index is 12.7. The molecule has 0 radical (unpaired) electrons. The van der Waals surface area contributed by atoms with E-state index in [4.69, 9.17) is 4.74 Å². The Balaban J connectivity index is 1.36. The first-order valence-electron chi connectivity index (χ1n) is 12.2. The van der Waals surface area contributed by atoms with Gasteiger partial charge in [-0.2, -0.15) is 0 Å². The number of likely N-dealkylation sites (tertiary alicyclic amines) is 1. The lowest BCUT2D eigenvalue weighted by molar-refractivity contribution is -0.132. The number of nitrogens with zero attached hydrogens (tertiary/aromatic N) is 1. The van der Waals surface area contributed by atoms with Gasteiger partial charge in [0.05, 0.1) is 18.0 Å². The monoisotopic (exact) mass is 461 g/mol. The van der Waals surface area contributed by atoms with Crippen LogP contribution in [0, 0.1) is 0 Å². The third-order valence-electron chi connectivity index (χ3n) is 6.58. The van der Waals surface area contributed by atoms with Crippen molar-refractivity contribution in [1.82, 2.24) is 15.5 Å². The van der Waals surface area contributed by atoms with Crippen LogP contribution in [0.1, 0.15) is 63.9 Å². The number of rotatable bonds is 11. The molecule has 32 heavy (non-hydrogen) atoms. The second kappa shape index (κ2) is 12.5. The number of carbonyl (C=O) groups is 2. The number of hydrogen-bond acceptors (Lipinski definition) is 5. The van der Waals surface area contributed by atoms with E-state index in [2.05, 4.69) is 17.6 Å². The zero-order valence-corrected chi connectivity index (χ0v) is 20.5. The highest BCUT2D eigenvalue weighted by Crippen LogP contribution is 2.39. The highest BCUT2D eigenvalue weighted by atomic mass is 32.2. The molecule has 0 bridgehead atoms. The minimum absolute atomic E-state index is 0.0647. The standard InChI is InChI=1S/C25H39N3O3S/c1-3-4-5-6-7-12-23(29)28-17-14-25(15-18-28)27-21(19-32-25)24(30)26-16-13-20-10-8-9-11-22(20)31-2/h8-11,21,27H,3-7,12-19H2,1-2H3,(H,26,30). The molecule has 178 valence electrons. The maximum atomic E-state index is 12.7. The Morgan fingerprint density at radius 2 is 1.94 bits per heavy atom. The van der Waals surface area contributed by atoms with E-state index in [9.17, 15) is 9.59 Å². The molecule has 0 saturated carbocycles. The second-order valence-corrected chi connectivity index (χ2v) is 10.3. The van der Waals surface area contributed by atoms with Crippen LogP contribution in [0.4, 0.5) is 0 Å². The maximum Gasteiger partial charge on any atom is 0.238 e. The summed E-state index contributed by atoms with van der Waals surface area (Å²) in [6, 6.07) is 7.75. The molecule has 1 unspecified atom stereocenters. The molecule has 2 heterocycles. The Morgan fingerprint density at radius 3 is 2.69 bits per heavy atom. The second-order valence-electron chi connectivity index (χ2n) is 8.90. The number of ether oxygens (including phenoxy) is 1. The molecule has 1 aromatic rings. The first-order chi connectivity index (χ1) is 15.6. The van der Waals surface area contributed by atoms with Gasteiger partial charge < -0.3 is 15.0 Å². The number of thioether (sulfide) groups is 1. The van der Waals surface area contributed by atoms with Gasteiger partial charge in [0.25, 0.3) is 0 Å². The predicted octanol–water partition coefficient (Wildman–Crippen LogP) is 3.74. The molecule has 2 aliphatic heterocycles. The fraction of sp³-hybridized carbons (Fsp3) is 0.680. The number of hydrogen-bond donors (Lipinski definition) is 2. The summed E-state index contributed by atoms with van der Waals surface area (Å²) in [6.45, 7) is 4.38. The van der Waals surface area contributed by atoms with Gasteiger partial charge in [0.2, 0.25) is 11.8 Å². The van der Waals surface area contributed by atoms with E-state index >= 15 is 0 Å². The van der Waals surface area contributed by atoms with E-state index in [1.165, 1.54) is 19.3 Å². The van der Waals surface area contributed by atoms with Crippen LogP contribution in [0.25, 0.3) is 0 Å². The summed E-state index contributed by atoms with van der Waals surface area (Å²) in [7, 11) is 1.67. The van der Waals surface area contributed by atoms with Gasteiger partial charge in [-0.1, -0.05) is 50.8 Å². The molecule has 6 nitrogen and oxygen atoms in total. The molecule has 2 aliphatic rings. The molecule has 1 atom stereocenters. The Morgan fingerprint density at radius 1 is 1.19 bits per heavy atom. The smallest absolute Gasteiger partial charge is 0.238 e. The van der Waals surface area contributed by atoms with Crippen molar-refractivity contribution < 1.29 is 14.3 Å². The highest BCUT2D eigenvalue weighted by molar-refractivity contribution is 8.01. The van der Waals surface area contributed by atoms with Gasteiger partial charge in [-0.3, -0.25) is 14.9 Å². The van der Waals surface area contributed by atoms with Gasteiger partial charge in [-0.05, 0) is 37.3 Å². The van der Waals surface area contributed by atoms with E-state index in [0.717, 1.165) is 62.3 Å². The van der Waals surface area contributed by atoms with Crippen LogP contribution in [0.3, 0.4) is 0 Å². The lowest BCUT2D eigenvalue weighted by Crippen LogP contribution is -2.54. The van der Waals surface area contributed by atoms with E-state index in [1.54, 1.807) is 7.11 Å². The lowest BCUT2D eigenvalue weighted by atomic mass is 10.0. The zero-order chi connectivity index (χ0) is 22.8. The van der Waals surface area contributed by atoms with E-state index < -0.39 is 0 Å². The molecule has 2 N–H and O–H groups in total. The summed E-state index contributed by atoms with van der Waals surface area (Å²) in [4.78, 5) is 27.2. The van der Waals surface area contributed by atoms with Crippen LogP contribution in [0.2, 0.25) is 0 Å². The topological polar surface area (TPSA) is 70.7 Å². The van der Waals surface area contributed by atoms with Crippen molar-refractivity contribution in [3.8, 4) is 5.75 Å². The summed E-state index contributed by atoms with van der Waals surface area (Å²) in [5.74, 6) is 2.00. The van der Waals surface area contributed by atoms with Gasteiger partial charge >= 0.3 is 0 Å². The van der Waals surface area contributed by atoms with Gasteiger partial charge in [0.1, 0.15) is 5.75 Å². The average Bonchev–Trinajstić information content (AvgIpc) is 3.23. The molecule has 2 fully saturated rings. The normalized spacial score (nSPS) is 19.8. The van der Waals surface area contributed by atoms with Crippen molar-refractivity contribution in [2.45, 2.75) is 75.6 Å². The Labute approximate surface area is 197 Å². The van der Waals surface area contributed by atoms with E-state index in [0.29, 0.717) is 18.9 Å². The van der Waals surface area contributed by atoms with Crippen molar-refractivity contribution in [3.63, 3.8) is 0 Å². The van der Waals surface area contributed by atoms with Crippen molar-refractivity contribution in [2.75, 3.05) is 32.5 Å². The molecule has 2 saturated heterocycles. The fourth-order valence-corrected chi connectivity index (χ4v) is 6.00. The van der Waals surface area contributed by atoms with E-state index in [1.807, 2.05) is 40.9 Å². The highest BCUT2D eigenvalue weighted by Gasteiger charge is 2.44. The molecule has 2 amide bonds. The molecule has 0 aromatic heterocycles.